The molecule has 0 radical (unpaired) electrons. The minimum Gasteiger partial charge on any atom is -0.379 e. The van der Waals surface area contributed by atoms with E-state index in [1.165, 1.54) is 12.1 Å². The molecule has 1 aliphatic heterocycles. The molecule has 3 aromatic carbocycles. The molecule has 1 heterocycles. The summed E-state index contributed by atoms with van der Waals surface area (Å²) in [4.78, 5) is 32.1. The van der Waals surface area contributed by atoms with E-state index >= 15 is 0 Å². The number of Topliss-reactive ketones (excluding diaryl/α,β-unsaturated/α-hetero) is 2. The summed E-state index contributed by atoms with van der Waals surface area (Å²) >= 11 is 0. The Bertz CT molecular complexity index is 1660. The van der Waals surface area contributed by atoms with Gasteiger partial charge >= 0.3 is 10.1 Å². The molecule has 0 saturated carbocycles. The van der Waals surface area contributed by atoms with Crippen molar-refractivity contribution in [2.75, 3.05) is 0 Å². The minimum absolute atomic E-state index is 0.00933. The van der Waals surface area contributed by atoms with Crippen molar-refractivity contribution in [3.63, 3.8) is 0 Å². The summed E-state index contributed by atoms with van der Waals surface area (Å²) in [5.41, 5.74) is 4.97. The molecule has 38 heavy (non-hydrogen) atoms. The van der Waals surface area contributed by atoms with Crippen molar-refractivity contribution < 1.29 is 22.2 Å². The van der Waals surface area contributed by atoms with E-state index in [1.54, 1.807) is 36.4 Å². The van der Waals surface area contributed by atoms with Crippen LogP contribution in [0, 0.1) is 18.3 Å². The van der Waals surface area contributed by atoms with Gasteiger partial charge in [-0.2, -0.15) is 8.42 Å². The van der Waals surface area contributed by atoms with E-state index in [9.17, 15) is 18.0 Å². The highest BCUT2D eigenvalue weighted by Gasteiger charge is 2.50. The molecule has 6 nitrogen and oxygen atoms in total. The lowest BCUT2D eigenvalue weighted by Gasteiger charge is -2.38. The van der Waals surface area contributed by atoms with Crippen LogP contribution in [-0.4, -0.2) is 25.7 Å². The maximum atomic E-state index is 13.6. The Morgan fingerprint density at radius 2 is 1.50 bits per heavy atom. The van der Waals surface area contributed by atoms with Crippen molar-refractivity contribution >= 4 is 27.4 Å². The highest BCUT2D eigenvalue weighted by atomic mass is 32.2. The normalized spacial score (nSPS) is 21.9. The Kier molecular flexibility index (Phi) is 5.54. The molecule has 0 saturated heterocycles. The van der Waals surface area contributed by atoms with Gasteiger partial charge in [-0.1, -0.05) is 67.9 Å². The smallest absolute Gasteiger partial charge is 0.339 e. The number of allylic oxidation sites excluding steroid dienone is 2. The number of aliphatic imine (C=N–C) groups is 1. The quantitative estimate of drug-likeness (QED) is 0.401. The monoisotopic (exact) mass is 525 g/mol. The molecule has 3 aromatic rings. The fourth-order valence-corrected chi connectivity index (χ4v) is 6.79. The first-order valence-corrected chi connectivity index (χ1v) is 14.0. The first-order chi connectivity index (χ1) is 18.0. The third-order valence-corrected chi connectivity index (χ3v) is 8.86. The summed E-state index contributed by atoms with van der Waals surface area (Å²) in [6, 6.07) is 20.6. The van der Waals surface area contributed by atoms with Gasteiger partial charge in [0.2, 0.25) is 0 Å². The number of benzene rings is 3. The third kappa shape index (κ3) is 4.02. The molecule has 7 heteroatoms. The maximum absolute atomic E-state index is 13.6. The second-order valence-corrected chi connectivity index (χ2v) is 12.6. The van der Waals surface area contributed by atoms with E-state index in [2.05, 4.69) is 13.8 Å². The summed E-state index contributed by atoms with van der Waals surface area (Å²) in [7, 11) is -4.00. The molecular formula is C31H27NO5S. The number of carbonyl (C=O) groups is 2. The van der Waals surface area contributed by atoms with Gasteiger partial charge in [-0.25, -0.2) is 0 Å². The van der Waals surface area contributed by atoms with Crippen LogP contribution in [0.15, 0.2) is 94.0 Å². The number of rotatable bonds is 4. The van der Waals surface area contributed by atoms with Gasteiger partial charge in [0.25, 0.3) is 0 Å². The van der Waals surface area contributed by atoms with Crippen molar-refractivity contribution in [3.8, 4) is 5.75 Å². The van der Waals surface area contributed by atoms with E-state index < -0.39 is 22.0 Å². The van der Waals surface area contributed by atoms with E-state index in [-0.39, 0.29) is 27.6 Å². The van der Waals surface area contributed by atoms with Gasteiger partial charge in [0.1, 0.15) is 10.6 Å². The summed E-state index contributed by atoms with van der Waals surface area (Å²) in [6.07, 6.45) is 1.03. The van der Waals surface area contributed by atoms with Crippen LogP contribution in [0.1, 0.15) is 59.7 Å². The molecule has 2 aliphatic carbocycles. The Morgan fingerprint density at radius 3 is 2.18 bits per heavy atom. The molecule has 2 atom stereocenters. The Hall–Kier alpha value is -3.84. The minimum atomic E-state index is -4.00. The molecule has 3 aliphatic rings. The summed E-state index contributed by atoms with van der Waals surface area (Å²) in [5, 5.41) is 0. The van der Waals surface area contributed by atoms with Crippen LogP contribution in [0.2, 0.25) is 0 Å². The van der Waals surface area contributed by atoms with E-state index in [4.69, 9.17) is 9.18 Å². The fraction of sp³-hybridized carbons (Fsp3) is 0.258. The average Bonchev–Trinajstić information content (AvgIpc) is 3.14. The molecule has 0 unspecified atom stereocenters. The van der Waals surface area contributed by atoms with Gasteiger partial charge in [-0.15, -0.1) is 0 Å². The largest absolute Gasteiger partial charge is 0.379 e. The number of hydrogen-bond acceptors (Lipinski definition) is 6. The summed E-state index contributed by atoms with van der Waals surface area (Å²) in [5.74, 6) is -0.973. The molecule has 0 bridgehead atoms. The molecule has 192 valence electrons. The first kappa shape index (κ1) is 24.5. The van der Waals surface area contributed by atoms with Gasteiger partial charge in [-0.3, -0.25) is 14.6 Å². The lowest BCUT2D eigenvalue weighted by atomic mass is 9.66. The standard InChI is InChI=1S/C31H27NO5S/c1-18-8-14-21(15-9-18)38(35,36)37-20-12-10-19(11-13-20)26-27-24(16-31(2,3)17-25(27)33)32-29-22-6-4-5-7-23(22)30(34)28(26)29/h4-15,26,28H,16-17H2,1-3H3/t26-,28-/m1/s1. The third-order valence-electron chi connectivity index (χ3n) is 7.60. The predicted octanol–water partition coefficient (Wildman–Crippen LogP) is 5.80. The first-order valence-electron chi connectivity index (χ1n) is 12.6. The zero-order valence-corrected chi connectivity index (χ0v) is 22.2. The summed E-state index contributed by atoms with van der Waals surface area (Å²) in [6.45, 7) is 6.00. The molecule has 0 N–H and O–H groups in total. The Morgan fingerprint density at radius 1 is 0.842 bits per heavy atom. The molecule has 0 fully saturated rings. The SMILES string of the molecule is Cc1ccc(S(=O)(=O)Oc2ccc([C@@H]3C4=C(CC(C)(C)CC4=O)N=C4c5ccccc5C(=O)[C@@H]43)cc2)cc1. The van der Waals surface area contributed by atoms with Gasteiger partial charge < -0.3 is 4.18 Å². The van der Waals surface area contributed by atoms with Crippen LogP contribution in [0.25, 0.3) is 0 Å². The number of nitrogens with zero attached hydrogens (tertiary/aromatic N) is 1. The lowest BCUT2D eigenvalue weighted by Crippen LogP contribution is -2.37. The second-order valence-electron chi connectivity index (χ2n) is 11.1. The van der Waals surface area contributed by atoms with Crippen molar-refractivity contribution in [3.05, 3.63) is 106 Å². The van der Waals surface area contributed by atoms with Crippen LogP contribution in [0.4, 0.5) is 0 Å². The summed E-state index contributed by atoms with van der Waals surface area (Å²) < 4.78 is 30.9. The highest BCUT2D eigenvalue weighted by molar-refractivity contribution is 7.87. The number of aryl methyl sites for hydroxylation is 1. The fourth-order valence-electron chi connectivity index (χ4n) is 5.86. The van der Waals surface area contributed by atoms with E-state index in [1.807, 2.05) is 31.2 Å². The van der Waals surface area contributed by atoms with Crippen LogP contribution in [-0.2, 0) is 14.9 Å². The van der Waals surface area contributed by atoms with Gasteiger partial charge in [0.15, 0.2) is 11.6 Å². The highest BCUT2D eigenvalue weighted by Crippen LogP contribution is 2.51. The Labute approximate surface area is 222 Å². The Balaban J connectivity index is 1.40. The average molecular weight is 526 g/mol. The molecule has 6 rings (SSSR count). The van der Waals surface area contributed by atoms with Gasteiger partial charge in [-0.05, 0) is 48.6 Å². The number of ketones is 2. The number of hydrogen-bond donors (Lipinski definition) is 0. The van der Waals surface area contributed by atoms with E-state index in [0.717, 1.165) is 22.4 Å². The molecule has 0 spiro atoms. The maximum Gasteiger partial charge on any atom is 0.339 e. The van der Waals surface area contributed by atoms with Crippen LogP contribution in [0.5, 0.6) is 5.75 Å². The zero-order valence-electron chi connectivity index (χ0n) is 21.4. The second kappa shape index (κ2) is 8.60. The molecule has 0 aromatic heterocycles. The van der Waals surface area contributed by atoms with Crippen LogP contribution in [0.3, 0.4) is 0 Å². The van der Waals surface area contributed by atoms with E-state index in [0.29, 0.717) is 29.7 Å². The predicted molar refractivity (Wildman–Crippen MR) is 144 cm³/mol. The van der Waals surface area contributed by atoms with Crippen molar-refractivity contribution in [1.29, 1.82) is 0 Å². The zero-order chi connectivity index (χ0) is 26.8. The number of carbonyl (C=O) groups excluding carboxylic acids is 2. The molecular weight excluding hydrogens is 498 g/mol. The van der Waals surface area contributed by atoms with Crippen LogP contribution >= 0.6 is 0 Å². The van der Waals surface area contributed by atoms with Crippen molar-refractivity contribution in [1.82, 2.24) is 0 Å². The lowest BCUT2D eigenvalue weighted by molar-refractivity contribution is -0.118. The van der Waals surface area contributed by atoms with Gasteiger partial charge in [0.05, 0.1) is 11.6 Å². The van der Waals surface area contributed by atoms with Crippen LogP contribution < -0.4 is 4.18 Å². The molecule has 0 amide bonds. The topological polar surface area (TPSA) is 89.9 Å². The number of fused-ring (bicyclic) bond motifs is 3. The van der Waals surface area contributed by atoms with Crippen molar-refractivity contribution in [2.24, 2.45) is 16.3 Å². The van der Waals surface area contributed by atoms with Crippen molar-refractivity contribution in [2.45, 2.75) is 44.4 Å². The van der Waals surface area contributed by atoms with Gasteiger partial charge in [0, 0.05) is 34.7 Å².